The minimum absolute atomic E-state index is 0.0258. The lowest BCUT2D eigenvalue weighted by Gasteiger charge is -2.06. The van der Waals surface area contributed by atoms with E-state index in [0.717, 1.165) is 66.6 Å². The highest BCUT2D eigenvalue weighted by Gasteiger charge is 2.24. The van der Waals surface area contributed by atoms with Crippen molar-refractivity contribution >= 4 is 68.2 Å². The summed E-state index contributed by atoms with van der Waals surface area (Å²) in [7, 11) is 0. The number of aromatic nitrogens is 4. The standard InChI is InChI=1S/C43H52N4O8/c1-9-52-40(48)16-13-28-24(5)32-21-37-30(15-18-42(50)54-11-3)26(7)34(46-37)23-39-31(19-43(51)55-12-4)27(8)35(47-39)22-38-29(14-17-41(49)53-10-2)25(6)33(45-38)20-36(28)44-32/h20-23,44-45H,9-19H2,1-8H3. The average molecular weight is 753 g/mol. The normalized spacial score (nSPS) is 12.6. The lowest BCUT2D eigenvalue weighted by atomic mass is 9.99. The monoisotopic (exact) mass is 752 g/mol. The molecule has 12 heteroatoms. The van der Waals surface area contributed by atoms with E-state index in [1.165, 1.54) is 0 Å². The Morgan fingerprint density at radius 1 is 0.491 bits per heavy atom. The third kappa shape index (κ3) is 9.41. The molecule has 0 amide bonds. The van der Waals surface area contributed by atoms with Crippen molar-refractivity contribution < 1.29 is 38.1 Å². The van der Waals surface area contributed by atoms with Gasteiger partial charge in [-0.2, -0.15) is 0 Å². The average Bonchev–Trinajstić information content (AvgIpc) is 3.79. The third-order valence-corrected chi connectivity index (χ3v) is 10.1. The van der Waals surface area contributed by atoms with Gasteiger partial charge in [0.25, 0.3) is 0 Å². The molecule has 2 aliphatic rings. The fraction of sp³-hybridized carbons (Fsp3) is 0.442. The number of hydrogen-bond donors (Lipinski definition) is 2. The summed E-state index contributed by atoms with van der Waals surface area (Å²) < 4.78 is 21.2. The Labute approximate surface area is 321 Å². The van der Waals surface area contributed by atoms with Crippen LogP contribution in [-0.4, -0.2) is 70.2 Å². The van der Waals surface area contributed by atoms with Crippen LogP contribution < -0.4 is 0 Å². The Kier molecular flexibility index (Phi) is 13.5. The topological polar surface area (TPSA) is 163 Å². The number of aryl methyl sites for hydroxylation is 4. The zero-order valence-electron chi connectivity index (χ0n) is 33.2. The molecule has 0 aromatic carbocycles. The maximum Gasteiger partial charge on any atom is 0.310 e. The van der Waals surface area contributed by atoms with Crippen LogP contribution in [0.15, 0.2) is 24.3 Å². The smallest absolute Gasteiger partial charge is 0.310 e. The SMILES string of the molecule is CCOC(=O)CCC1=C(C)c2cc3nc(cc4[nH]c(cc5[nH]c(cc1n2)c(C)c5CCC(=O)OCC)c(C)c4CCC(=O)OCC)C(C)=C3CC(=O)OCC. The van der Waals surface area contributed by atoms with Crippen molar-refractivity contribution in [2.45, 2.75) is 100 Å². The van der Waals surface area contributed by atoms with E-state index in [0.29, 0.717) is 61.9 Å². The van der Waals surface area contributed by atoms with E-state index in [-0.39, 0.29) is 56.2 Å². The molecule has 3 aromatic heterocycles. The maximum atomic E-state index is 12.9. The van der Waals surface area contributed by atoms with Gasteiger partial charge in [-0.05, 0) is 143 Å². The van der Waals surface area contributed by atoms with Crippen LogP contribution in [0.2, 0.25) is 0 Å². The first kappa shape index (κ1) is 40.7. The highest BCUT2D eigenvalue weighted by atomic mass is 16.5. The first-order valence-corrected chi connectivity index (χ1v) is 19.1. The van der Waals surface area contributed by atoms with Gasteiger partial charge in [0, 0.05) is 41.3 Å². The highest BCUT2D eigenvalue weighted by molar-refractivity contribution is 6.00. The highest BCUT2D eigenvalue weighted by Crippen LogP contribution is 2.38. The Hall–Kier alpha value is -5.52. The molecule has 0 saturated carbocycles. The van der Waals surface area contributed by atoms with Gasteiger partial charge in [-0.25, -0.2) is 9.97 Å². The second-order valence-electron chi connectivity index (χ2n) is 13.6. The summed E-state index contributed by atoms with van der Waals surface area (Å²) in [4.78, 5) is 67.9. The van der Waals surface area contributed by atoms with Crippen molar-refractivity contribution in [3.63, 3.8) is 0 Å². The van der Waals surface area contributed by atoms with Gasteiger partial charge in [0.2, 0.25) is 0 Å². The molecule has 0 spiro atoms. The Bertz CT molecular complexity index is 2220. The minimum atomic E-state index is -0.360. The van der Waals surface area contributed by atoms with E-state index < -0.39 is 0 Å². The fourth-order valence-electron chi connectivity index (χ4n) is 7.14. The molecule has 0 aliphatic carbocycles. The van der Waals surface area contributed by atoms with Gasteiger partial charge < -0.3 is 28.9 Å². The molecule has 0 unspecified atom stereocenters. The van der Waals surface area contributed by atoms with Gasteiger partial charge in [0.1, 0.15) is 0 Å². The Balaban J connectivity index is 1.85. The van der Waals surface area contributed by atoms with Crippen LogP contribution in [0, 0.1) is 13.8 Å². The van der Waals surface area contributed by atoms with Crippen LogP contribution in [0.25, 0.3) is 44.4 Å². The molecular weight excluding hydrogens is 700 g/mol. The number of ether oxygens (including phenoxy) is 4. The van der Waals surface area contributed by atoms with E-state index in [9.17, 15) is 19.2 Å². The molecule has 0 fully saturated rings. The molecule has 5 rings (SSSR count). The summed E-state index contributed by atoms with van der Waals surface area (Å²) in [5.41, 5.74) is 13.0. The molecule has 12 nitrogen and oxygen atoms in total. The zero-order chi connectivity index (χ0) is 39.8. The molecule has 292 valence electrons. The fourth-order valence-corrected chi connectivity index (χ4v) is 7.14. The van der Waals surface area contributed by atoms with Crippen LogP contribution in [-0.2, 0) is 51.0 Å². The maximum absolute atomic E-state index is 12.9. The van der Waals surface area contributed by atoms with Crippen molar-refractivity contribution in [1.82, 2.24) is 19.9 Å². The van der Waals surface area contributed by atoms with Gasteiger partial charge in [-0.3, -0.25) is 19.2 Å². The lowest BCUT2D eigenvalue weighted by molar-refractivity contribution is -0.144. The number of carbonyl (C=O) groups excluding carboxylic acids is 4. The summed E-state index contributed by atoms with van der Waals surface area (Å²) in [5.74, 6) is -1.21. The molecule has 0 saturated heterocycles. The van der Waals surface area contributed by atoms with Gasteiger partial charge in [-0.15, -0.1) is 0 Å². The molecule has 2 aliphatic heterocycles. The van der Waals surface area contributed by atoms with Crippen molar-refractivity contribution in [3.05, 3.63) is 69.3 Å². The third-order valence-electron chi connectivity index (χ3n) is 10.1. The number of nitrogens with zero attached hydrogens (tertiary/aromatic N) is 2. The molecule has 2 N–H and O–H groups in total. The number of hydrogen-bond acceptors (Lipinski definition) is 10. The summed E-state index contributed by atoms with van der Waals surface area (Å²) >= 11 is 0. The molecule has 0 atom stereocenters. The number of nitrogens with one attached hydrogen (secondary N) is 2. The van der Waals surface area contributed by atoms with Crippen LogP contribution in [0.5, 0.6) is 0 Å². The summed E-state index contributed by atoms with van der Waals surface area (Å²) in [6.45, 7) is 16.2. The van der Waals surface area contributed by atoms with E-state index >= 15 is 0 Å². The van der Waals surface area contributed by atoms with Crippen molar-refractivity contribution in [3.8, 4) is 0 Å². The van der Waals surface area contributed by atoms with Crippen LogP contribution >= 0.6 is 0 Å². The Morgan fingerprint density at radius 3 is 1.42 bits per heavy atom. The molecule has 0 radical (unpaired) electrons. The number of carbonyl (C=O) groups is 4. The summed E-state index contributed by atoms with van der Waals surface area (Å²) in [6.07, 6.45) is 1.89. The number of allylic oxidation sites excluding steroid dienone is 3. The van der Waals surface area contributed by atoms with Crippen LogP contribution in [0.1, 0.15) is 119 Å². The second-order valence-corrected chi connectivity index (χ2v) is 13.6. The van der Waals surface area contributed by atoms with Crippen LogP contribution in [0.4, 0.5) is 0 Å². The molecular formula is C43H52N4O8. The van der Waals surface area contributed by atoms with E-state index in [1.54, 1.807) is 27.7 Å². The van der Waals surface area contributed by atoms with Gasteiger partial charge >= 0.3 is 23.9 Å². The Morgan fingerprint density at radius 2 is 0.891 bits per heavy atom. The van der Waals surface area contributed by atoms with Gasteiger partial charge in [0.15, 0.2) is 0 Å². The number of H-pyrrole nitrogens is 2. The molecule has 55 heavy (non-hydrogen) atoms. The number of rotatable bonds is 15. The molecule has 3 aromatic rings. The summed E-state index contributed by atoms with van der Waals surface area (Å²) in [6, 6.07) is 7.87. The van der Waals surface area contributed by atoms with Gasteiger partial charge in [-0.1, -0.05) is 0 Å². The van der Waals surface area contributed by atoms with Crippen molar-refractivity contribution in [2.75, 3.05) is 26.4 Å². The summed E-state index contributed by atoms with van der Waals surface area (Å²) in [5, 5.41) is 0. The van der Waals surface area contributed by atoms with Crippen LogP contribution in [0.3, 0.4) is 0 Å². The predicted molar refractivity (Wildman–Crippen MR) is 212 cm³/mol. The first-order chi connectivity index (χ1) is 26.4. The number of esters is 4. The molecule has 8 bridgehead atoms. The minimum Gasteiger partial charge on any atom is -0.466 e. The lowest BCUT2D eigenvalue weighted by Crippen LogP contribution is -2.05. The van der Waals surface area contributed by atoms with E-state index in [2.05, 4.69) is 9.97 Å². The number of fused-ring (bicyclic) bond motifs is 8. The van der Waals surface area contributed by atoms with Gasteiger partial charge in [0.05, 0.1) is 55.6 Å². The first-order valence-electron chi connectivity index (χ1n) is 19.1. The van der Waals surface area contributed by atoms with Crippen molar-refractivity contribution in [1.29, 1.82) is 0 Å². The van der Waals surface area contributed by atoms with E-state index in [1.807, 2.05) is 52.0 Å². The largest absolute Gasteiger partial charge is 0.466 e. The van der Waals surface area contributed by atoms with E-state index in [4.69, 9.17) is 28.9 Å². The quantitative estimate of drug-likeness (QED) is 0.115. The zero-order valence-corrected chi connectivity index (χ0v) is 33.2. The van der Waals surface area contributed by atoms with Crippen molar-refractivity contribution in [2.24, 2.45) is 0 Å². The second kappa shape index (κ2) is 18.2. The molecule has 5 heterocycles. The predicted octanol–water partition coefficient (Wildman–Crippen LogP) is 8.08. The number of aromatic amines is 2.